The Bertz CT molecular complexity index is 1630. The number of benzene rings is 3. The van der Waals surface area contributed by atoms with Crippen LogP contribution < -0.4 is 0 Å². The fourth-order valence-electron chi connectivity index (χ4n) is 4.51. The van der Waals surface area contributed by atoms with Crippen molar-refractivity contribution in [3.63, 3.8) is 0 Å². The summed E-state index contributed by atoms with van der Waals surface area (Å²) in [4.78, 5) is 34.1. The van der Waals surface area contributed by atoms with E-state index in [1.54, 1.807) is 54.6 Å². The molecule has 0 radical (unpaired) electrons. The van der Waals surface area contributed by atoms with E-state index in [1.165, 1.54) is 0 Å². The molecule has 0 saturated carbocycles. The third-order valence-corrected chi connectivity index (χ3v) is 7.48. The van der Waals surface area contributed by atoms with Crippen LogP contribution in [0.1, 0.15) is 59.2 Å². The van der Waals surface area contributed by atoms with Crippen LogP contribution in [0.15, 0.2) is 81.8 Å². The molecule has 0 aliphatic heterocycles. The molecular weight excluding hydrogens is 631 g/mol. The van der Waals surface area contributed by atoms with E-state index in [0.29, 0.717) is 70.0 Å². The number of nitrogens with zero attached hydrogens (tertiary/aromatic N) is 4. The lowest BCUT2D eigenvalue weighted by Crippen LogP contribution is -2.06. The molecule has 5 rings (SSSR count). The molecule has 5 aromatic rings. The molecule has 46 heavy (non-hydrogen) atoms. The van der Waals surface area contributed by atoms with Gasteiger partial charge in [-0.05, 0) is 81.0 Å². The highest BCUT2D eigenvalue weighted by molar-refractivity contribution is 6.18. The molecule has 0 spiro atoms. The fraction of sp³-hybridized carbons (Fsp3) is 0.294. The lowest BCUT2D eigenvalue weighted by Gasteiger charge is -2.05. The minimum absolute atomic E-state index is 0.276. The molecule has 0 bridgehead atoms. The van der Waals surface area contributed by atoms with Crippen molar-refractivity contribution >= 4 is 35.1 Å². The van der Waals surface area contributed by atoms with E-state index in [9.17, 15) is 9.59 Å². The van der Waals surface area contributed by atoms with Crippen molar-refractivity contribution in [2.45, 2.75) is 38.5 Å². The molecule has 0 N–H and O–H groups in total. The molecule has 12 heteroatoms. The Labute approximate surface area is 276 Å². The number of hydrogen-bond acceptors (Lipinski definition) is 10. The highest BCUT2D eigenvalue weighted by Gasteiger charge is 2.17. The molecule has 0 aliphatic rings. The van der Waals surface area contributed by atoms with Gasteiger partial charge in [0.2, 0.25) is 11.6 Å². The van der Waals surface area contributed by atoms with Gasteiger partial charge in [-0.3, -0.25) is 0 Å². The van der Waals surface area contributed by atoms with E-state index in [1.807, 2.05) is 18.2 Å². The minimum atomic E-state index is -0.413. The molecule has 0 atom stereocenters. The van der Waals surface area contributed by atoms with Crippen molar-refractivity contribution in [1.29, 1.82) is 0 Å². The van der Waals surface area contributed by atoms with Crippen LogP contribution in [-0.4, -0.2) is 57.2 Å². The van der Waals surface area contributed by atoms with Crippen LogP contribution in [-0.2, 0) is 9.47 Å². The maximum absolute atomic E-state index is 12.5. The summed E-state index contributed by atoms with van der Waals surface area (Å²) in [6.45, 7) is 0.669. The van der Waals surface area contributed by atoms with Gasteiger partial charge in [-0.15, -0.1) is 23.2 Å². The number of aromatic nitrogens is 4. The zero-order valence-electron chi connectivity index (χ0n) is 25.0. The Morgan fingerprint density at radius 3 is 1.46 bits per heavy atom. The zero-order chi connectivity index (χ0) is 32.1. The van der Waals surface area contributed by atoms with Crippen molar-refractivity contribution in [2.24, 2.45) is 0 Å². The van der Waals surface area contributed by atoms with Crippen LogP contribution >= 0.6 is 23.2 Å². The quantitative estimate of drug-likeness (QED) is 0.0578. The van der Waals surface area contributed by atoms with E-state index >= 15 is 0 Å². The maximum Gasteiger partial charge on any atom is 0.338 e. The van der Waals surface area contributed by atoms with Gasteiger partial charge in [0.1, 0.15) is 0 Å². The van der Waals surface area contributed by atoms with Crippen LogP contribution in [0.2, 0.25) is 0 Å². The highest BCUT2D eigenvalue weighted by Crippen LogP contribution is 2.28. The average molecular weight is 664 g/mol. The first-order chi connectivity index (χ1) is 22.6. The number of alkyl halides is 2. The van der Waals surface area contributed by atoms with Gasteiger partial charge in [-0.25, -0.2) is 9.59 Å². The number of carbonyl (C=O) groups is 2. The molecule has 238 valence electrons. The number of ether oxygens (including phenoxy) is 2. The molecule has 0 saturated heterocycles. The van der Waals surface area contributed by atoms with Gasteiger partial charge in [-0.2, -0.15) is 9.97 Å². The zero-order valence-corrected chi connectivity index (χ0v) is 26.5. The summed E-state index contributed by atoms with van der Waals surface area (Å²) >= 11 is 11.4. The molecular formula is C34H32Cl2N4O6. The van der Waals surface area contributed by atoms with Gasteiger partial charge < -0.3 is 18.5 Å². The second kappa shape index (κ2) is 16.7. The standard InChI is InChI=1S/C34H32Cl2N4O6/c35-16-3-1-5-18-43-33(41)27-14-7-10-23(20-27)29-37-31(45-39-29)25-12-9-13-26(22-25)32-38-30(40-46-32)24-11-8-15-28(21-24)34(42)44-19-6-2-4-17-36/h7-15,20-22H,1-6,16-19H2. The third-order valence-electron chi connectivity index (χ3n) is 6.94. The van der Waals surface area contributed by atoms with Crippen LogP contribution in [0.5, 0.6) is 0 Å². The number of unbranched alkanes of at least 4 members (excludes halogenated alkanes) is 4. The van der Waals surface area contributed by atoms with Crippen LogP contribution in [0.4, 0.5) is 0 Å². The first-order valence-corrected chi connectivity index (χ1v) is 16.1. The Morgan fingerprint density at radius 1 is 0.565 bits per heavy atom. The number of esters is 2. The van der Waals surface area contributed by atoms with Gasteiger partial charge >= 0.3 is 11.9 Å². The molecule has 0 fully saturated rings. The van der Waals surface area contributed by atoms with Crippen LogP contribution in [0, 0.1) is 0 Å². The largest absolute Gasteiger partial charge is 0.462 e. The summed E-state index contributed by atoms with van der Waals surface area (Å²) in [6.07, 6.45) is 5.10. The normalized spacial score (nSPS) is 11.0. The fourth-order valence-corrected chi connectivity index (χ4v) is 4.89. The lowest BCUT2D eigenvalue weighted by molar-refractivity contribution is 0.0489. The lowest BCUT2D eigenvalue weighted by atomic mass is 10.1. The van der Waals surface area contributed by atoms with Gasteiger partial charge in [0.15, 0.2) is 0 Å². The van der Waals surface area contributed by atoms with Crippen LogP contribution in [0.25, 0.3) is 45.7 Å². The van der Waals surface area contributed by atoms with Gasteiger partial charge in [0, 0.05) is 34.0 Å². The molecule has 0 amide bonds. The SMILES string of the molecule is O=C(OCCCCCCl)c1cccc(-c2noc(-c3cccc(-c4nc(-c5cccc(C(=O)OCCCCCCl)c5)no4)c3)n2)c1. The molecule has 3 aromatic carbocycles. The minimum Gasteiger partial charge on any atom is -0.462 e. The predicted octanol–water partition coefficient (Wildman–Crippen LogP) is 8.25. The Kier molecular flexibility index (Phi) is 11.9. The number of carbonyl (C=O) groups excluding carboxylic acids is 2. The first-order valence-electron chi connectivity index (χ1n) is 15.0. The maximum atomic E-state index is 12.5. The number of hydrogen-bond donors (Lipinski definition) is 0. The summed E-state index contributed by atoms with van der Waals surface area (Å²) in [7, 11) is 0. The topological polar surface area (TPSA) is 130 Å². The molecule has 0 unspecified atom stereocenters. The Balaban J connectivity index is 1.25. The van der Waals surface area contributed by atoms with Crippen molar-refractivity contribution in [2.75, 3.05) is 25.0 Å². The second-order valence-electron chi connectivity index (χ2n) is 10.4. The van der Waals surface area contributed by atoms with Crippen molar-refractivity contribution < 1.29 is 28.1 Å². The smallest absolute Gasteiger partial charge is 0.338 e. The van der Waals surface area contributed by atoms with Crippen molar-refractivity contribution in [3.8, 4) is 45.7 Å². The van der Waals surface area contributed by atoms with Crippen LogP contribution in [0.3, 0.4) is 0 Å². The number of rotatable bonds is 16. The van der Waals surface area contributed by atoms with Gasteiger partial charge in [-0.1, -0.05) is 40.6 Å². The monoisotopic (exact) mass is 662 g/mol. The summed E-state index contributed by atoms with van der Waals surface area (Å²) in [6, 6.07) is 21.0. The number of halogens is 2. The summed E-state index contributed by atoms with van der Waals surface area (Å²) in [5.41, 5.74) is 3.30. The van der Waals surface area contributed by atoms with E-state index in [0.717, 1.165) is 38.5 Å². The highest BCUT2D eigenvalue weighted by atomic mass is 35.5. The van der Waals surface area contributed by atoms with E-state index < -0.39 is 11.9 Å². The van der Waals surface area contributed by atoms with Crippen molar-refractivity contribution in [3.05, 3.63) is 83.9 Å². The van der Waals surface area contributed by atoms with E-state index in [4.69, 9.17) is 41.7 Å². The average Bonchev–Trinajstić information content (AvgIpc) is 3.80. The van der Waals surface area contributed by atoms with Gasteiger partial charge in [0.05, 0.1) is 24.3 Å². The third kappa shape index (κ3) is 8.80. The van der Waals surface area contributed by atoms with Gasteiger partial charge in [0.25, 0.3) is 11.8 Å². The second-order valence-corrected chi connectivity index (χ2v) is 11.1. The van der Waals surface area contributed by atoms with E-state index in [2.05, 4.69) is 20.3 Å². The molecule has 0 aliphatic carbocycles. The van der Waals surface area contributed by atoms with Crippen molar-refractivity contribution in [1.82, 2.24) is 20.3 Å². The summed E-state index contributed by atoms with van der Waals surface area (Å²) in [5, 5.41) is 8.23. The molecule has 2 aromatic heterocycles. The summed E-state index contributed by atoms with van der Waals surface area (Å²) < 4.78 is 21.9. The Morgan fingerprint density at radius 2 is 1.00 bits per heavy atom. The molecule has 2 heterocycles. The predicted molar refractivity (Wildman–Crippen MR) is 174 cm³/mol. The Hall–Kier alpha value is -4.54. The first kappa shape index (κ1) is 32.8. The molecule has 10 nitrogen and oxygen atoms in total. The summed E-state index contributed by atoms with van der Waals surface area (Å²) in [5.74, 6) is 1.56. The van der Waals surface area contributed by atoms with E-state index in [-0.39, 0.29) is 11.8 Å².